The summed E-state index contributed by atoms with van der Waals surface area (Å²) in [5.41, 5.74) is 4.13. The van der Waals surface area contributed by atoms with Crippen LogP contribution in [0.3, 0.4) is 0 Å². The molecule has 0 aliphatic carbocycles. The van der Waals surface area contributed by atoms with Gasteiger partial charge >= 0.3 is 0 Å². The maximum absolute atomic E-state index is 13.3. The van der Waals surface area contributed by atoms with Gasteiger partial charge in [0.05, 0.1) is 40.6 Å². The van der Waals surface area contributed by atoms with Crippen molar-refractivity contribution in [3.8, 4) is 28.7 Å². The van der Waals surface area contributed by atoms with Crippen molar-refractivity contribution >= 4 is 5.91 Å². The topological polar surface area (TPSA) is 137 Å². The van der Waals surface area contributed by atoms with Gasteiger partial charge in [0.1, 0.15) is 30.5 Å². The van der Waals surface area contributed by atoms with Gasteiger partial charge in [-0.15, -0.1) is 10.1 Å². The zero-order valence-corrected chi connectivity index (χ0v) is 31.7. The molecule has 1 heterocycles. The molecule has 1 fully saturated rings. The van der Waals surface area contributed by atoms with E-state index in [2.05, 4.69) is 10.9 Å². The van der Waals surface area contributed by atoms with E-state index in [1.807, 2.05) is 59.5 Å². The molecule has 0 unspecified atom stereocenters. The molecule has 4 aromatic rings. The monoisotopic (exact) mass is 758 g/mol. The SMILES string of the molecule is COCCCOc1cc(COc2cc(C3CCN(C(=O)c4ccc(CO[N+](=O)[O-])cc4)CC3)ccc2OCCCOCc2ccccc2OC)cc(OC)c1. The van der Waals surface area contributed by atoms with E-state index in [0.29, 0.717) is 86.7 Å². The number of hydrogen-bond acceptors (Lipinski definition) is 11. The Morgan fingerprint density at radius 3 is 2.20 bits per heavy atom. The summed E-state index contributed by atoms with van der Waals surface area (Å²) in [6, 6.07) is 26.3. The third-order valence-corrected chi connectivity index (χ3v) is 9.23. The molecular formula is C42H50N2O11. The lowest BCUT2D eigenvalue weighted by Gasteiger charge is -2.32. The second kappa shape index (κ2) is 21.4. The number of amides is 1. The first kappa shape index (κ1) is 40.7. The third kappa shape index (κ3) is 12.5. The third-order valence-electron chi connectivity index (χ3n) is 9.23. The number of methoxy groups -OCH3 is 3. The fraction of sp³-hybridized carbons (Fsp3) is 0.405. The highest BCUT2D eigenvalue weighted by atomic mass is 16.9. The number of nitrogens with zero attached hydrogens (tertiary/aromatic N) is 2. The predicted octanol–water partition coefficient (Wildman–Crippen LogP) is 7.41. The molecule has 1 amide bonds. The van der Waals surface area contributed by atoms with Crippen molar-refractivity contribution in [3.63, 3.8) is 0 Å². The van der Waals surface area contributed by atoms with Crippen LogP contribution in [0.1, 0.15) is 64.2 Å². The zero-order valence-electron chi connectivity index (χ0n) is 31.7. The van der Waals surface area contributed by atoms with Crippen LogP contribution in [0, 0.1) is 10.1 Å². The largest absolute Gasteiger partial charge is 0.497 e. The van der Waals surface area contributed by atoms with Crippen molar-refractivity contribution in [1.82, 2.24) is 4.90 Å². The summed E-state index contributed by atoms with van der Waals surface area (Å²) in [4.78, 5) is 30.1. The summed E-state index contributed by atoms with van der Waals surface area (Å²) in [5.74, 6) is 3.56. The van der Waals surface area contributed by atoms with Gasteiger partial charge in [-0.2, -0.15) is 0 Å². The van der Waals surface area contributed by atoms with Gasteiger partial charge in [0.25, 0.3) is 11.0 Å². The van der Waals surface area contributed by atoms with Crippen LogP contribution in [0.15, 0.2) is 84.9 Å². The van der Waals surface area contributed by atoms with E-state index in [-0.39, 0.29) is 25.0 Å². The Morgan fingerprint density at radius 2 is 1.45 bits per heavy atom. The van der Waals surface area contributed by atoms with E-state index >= 15 is 0 Å². The van der Waals surface area contributed by atoms with Gasteiger partial charge in [-0.25, -0.2) is 0 Å². The van der Waals surface area contributed by atoms with Crippen LogP contribution >= 0.6 is 0 Å². The van der Waals surface area contributed by atoms with Gasteiger partial charge in [0.15, 0.2) is 11.5 Å². The predicted molar refractivity (Wildman–Crippen MR) is 205 cm³/mol. The van der Waals surface area contributed by atoms with E-state index in [9.17, 15) is 14.9 Å². The maximum Gasteiger partial charge on any atom is 0.294 e. The lowest BCUT2D eigenvalue weighted by Crippen LogP contribution is -2.37. The van der Waals surface area contributed by atoms with E-state index in [4.69, 9.17) is 33.2 Å². The molecule has 0 saturated carbocycles. The Balaban J connectivity index is 1.22. The number of carbonyl (C=O) groups excluding carboxylic acids is 1. The molecule has 5 rings (SSSR count). The molecule has 1 aliphatic rings. The summed E-state index contributed by atoms with van der Waals surface area (Å²) in [7, 11) is 4.94. The standard InChI is InChI=1S/C42H50N2O11/c1-48-20-6-22-52-38-25-32(24-37(27-38)49-2)28-54-41-26-35(14-15-40(41)53-23-7-21-51-30-36-8-4-5-9-39(36)50-3)33-16-18-43(19-17-33)42(45)34-12-10-31(11-13-34)29-55-44(46)47/h4-5,8-15,24-27,33H,6-7,16-23,28-30H2,1-3H3. The Bertz CT molecular complexity index is 1810. The molecule has 0 spiro atoms. The van der Waals surface area contributed by atoms with Crippen LogP contribution < -0.4 is 23.7 Å². The normalized spacial score (nSPS) is 12.9. The highest BCUT2D eigenvalue weighted by Gasteiger charge is 2.25. The molecule has 4 aromatic carbocycles. The molecule has 294 valence electrons. The molecule has 55 heavy (non-hydrogen) atoms. The molecule has 0 N–H and O–H groups in total. The van der Waals surface area contributed by atoms with Crippen LogP contribution in [0.2, 0.25) is 0 Å². The molecule has 13 heteroatoms. The Hall–Kier alpha value is -5.53. The minimum Gasteiger partial charge on any atom is -0.497 e. The Labute approximate surface area is 322 Å². The fourth-order valence-corrected chi connectivity index (χ4v) is 6.30. The molecule has 0 radical (unpaired) electrons. The van der Waals surface area contributed by atoms with E-state index < -0.39 is 5.09 Å². The number of ether oxygens (including phenoxy) is 7. The van der Waals surface area contributed by atoms with Gasteiger partial charge < -0.3 is 42.9 Å². The van der Waals surface area contributed by atoms with Crippen molar-refractivity contribution in [2.45, 2.75) is 51.4 Å². The van der Waals surface area contributed by atoms with E-state index in [1.165, 1.54) is 0 Å². The summed E-state index contributed by atoms with van der Waals surface area (Å²) < 4.78 is 40.7. The first-order chi connectivity index (χ1) is 26.9. The van der Waals surface area contributed by atoms with Crippen LogP contribution in [0.5, 0.6) is 28.7 Å². The fourth-order valence-electron chi connectivity index (χ4n) is 6.30. The summed E-state index contributed by atoms with van der Waals surface area (Å²) >= 11 is 0. The summed E-state index contributed by atoms with van der Waals surface area (Å²) in [5, 5.41) is 9.67. The molecule has 13 nitrogen and oxygen atoms in total. The highest BCUT2D eigenvalue weighted by Crippen LogP contribution is 2.36. The number of carbonyl (C=O) groups is 1. The second-order valence-corrected chi connectivity index (χ2v) is 13.0. The summed E-state index contributed by atoms with van der Waals surface area (Å²) in [6.07, 6.45) is 3.01. The molecule has 0 atom stereocenters. The number of piperidine rings is 1. The first-order valence-corrected chi connectivity index (χ1v) is 18.4. The Morgan fingerprint density at radius 1 is 0.709 bits per heavy atom. The second-order valence-electron chi connectivity index (χ2n) is 13.0. The number of para-hydroxylation sites is 1. The van der Waals surface area contributed by atoms with Crippen LogP contribution in [0.25, 0.3) is 0 Å². The minimum atomic E-state index is -0.833. The van der Waals surface area contributed by atoms with Crippen molar-refractivity contribution in [2.24, 2.45) is 0 Å². The van der Waals surface area contributed by atoms with Crippen molar-refractivity contribution in [1.29, 1.82) is 0 Å². The number of benzene rings is 4. The van der Waals surface area contributed by atoms with E-state index in [1.54, 1.807) is 45.6 Å². The maximum atomic E-state index is 13.3. The van der Waals surface area contributed by atoms with Gasteiger partial charge in [-0.1, -0.05) is 36.4 Å². The van der Waals surface area contributed by atoms with Crippen molar-refractivity contribution < 1.29 is 47.9 Å². The van der Waals surface area contributed by atoms with Crippen LogP contribution in [-0.2, 0) is 34.1 Å². The quantitative estimate of drug-likeness (QED) is 0.0450. The lowest BCUT2D eigenvalue weighted by atomic mass is 9.89. The zero-order chi connectivity index (χ0) is 38.8. The van der Waals surface area contributed by atoms with Crippen LogP contribution in [-0.4, -0.2) is 76.7 Å². The van der Waals surface area contributed by atoms with Crippen molar-refractivity contribution in [2.75, 3.05) is 60.8 Å². The number of rotatable bonds is 22. The molecular weight excluding hydrogens is 708 g/mol. The molecule has 0 bridgehead atoms. The van der Waals surface area contributed by atoms with Crippen molar-refractivity contribution in [3.05, 3.63) is 123 Å². The number of hydrogen-bond donors (Lipinski definition) is 0. The first-order valence-electron chi connectivity index (χ1n) is 18.4. The molecule has 0 aromatic heterocycles. The Kier molecular flexibility index (Phi) is 15.8. The van der Waals surface area contributed by atoms with E-state index in [0.717, 1.165) is 41.7 Å². The highest BCUT2D eigenvalue weighted by molar-refractivity contribution is 5.94. The molecule has 1 aliphatic heterocycles. The van der Waals surface area contributed by atoms with Crippen LogP contribution in [0.4, 0.5) is 0 Å². The summed E-state index contributed by atoms with van der Waals surface area (Å²) in [6.45, 7) is 3.81. The molecule has 1 saturated heterocycles. The van der Waals surface area contributed by atoms with Gasteiger partial charge in [-0.3, -0.25) is 4.79 Å². The lowest BCUT2D eigenvalue weighted by molar-refractivity contribution is -0.763. The van der Waals surface area contributed by atoms with Gasteiger partial charge in [0, 0.05) is 56.8 Å². The smallest absolute Gasteiger partial charge is 0.294 e. The van der Waals surface area contributed by atoms with Gasteiger partial charge in [-0.05, 0) is 77.9 Å². The van der Waals surface area contributed by atoms with Gasteiger partial charge in [0.2, 0.25) is 0 Å². The average molecular weight is 759 g/mol. The number of likely N-dealkylation sites (tertiary alicyclic amines) is 1. The minimum absolute atomic E-state index is 0.0693. The average Bonchev–Trinajstić information content (AvgIpc) is 3.22.